The van der Waals surface area contributed by atoms with E-state index in [0.29, 0.717) is 22.1 Å². The second-order valence-electron chi connectivity index (χ2n) is 6.07. The fraction of sp³-hybridized carbons (Fsp3) is 0.100. The highest BCUT2D eigenvalue weighted by Gasteiger charge is 2.18. The molecule has 1 aliphatic rings. The maximum atomic E-state index is 12.3. The Morgan fingerprint density at radius 1 is 1.12 bits per heavy atom. The van der Waals surface area contributed by atoms with Crippen LogP contribution in [-0.4, -0.2) is 21.6 Å². The van der Waals surface area contributed by atoms with Crippen molar-refractivity contribution in [2.45, 2.75) is 13.3 Å². The first-order chi connectivity index (χ1) is 12.6. The van der Waals surface area contributed by atoms with E-state index >= 15 is 0 Å². The number of aryl methyl sites for hydroxylation is 1. The largest absolute Gasteiger partial charge is 0.324 e. The number of halogens is 1. The SMILES string of the molecule is Cc1cc2c(cc1Cl)N=C(c1cccc(-c3cnccn3)c1)CC(=O)N2. The first-order valence-corrected chi connectivity index (χ1v) is 8.52. The third-order valence-corrected chi connectivity index (χ3v) is 4.60. The molecule has 0 fully saturated rings. The fourth-order valence-corrected chi connectivity index (χ4v) is 3.03. The van der Waals surface area contributed by atoms with E-state index in [1.54, 1.807) is 24.7 Å². The second-order valence-corrected chi connectivity index (χ2v) is 6.48. The first-order valence-electron chi connectivity index (χ1n) is 8.14. The van der Waals surface area contributed by atoms with Gasteiger partial charge in [0.15, 0.2) is 0 Å². The quantitative estimate of drug-likeness (QED) is 0.726. The molecule has 0 unspecified atom stereocenters. The maximum absolute atomic E-state index is 12.3. The number of hydrogen-bond donors (Lipinski definition) is 1. The van der Waals surface area contributed by atoms with Gasteiger partial charge in [-0.25, -0.2) is 0 Å². The Bertz CT molecular complexity index is 1030. The van der Waals surface area contributed by atoms with Crippen LogP contribution in [0.4, 0.5) is 11.4 Å². The summed E-state index contributed by atoms with van der Waals surface area (Å²) < 4.78 is 0. The van der Waals surface area contributed by atoms with Crippen molar-refractivity contribution < 1.29 is 4.79 Å². The molecule has 0 aliphatic carbocycles. The Hall–Kier alpha value is -3.05. The highest BCUT2D eigenvalue weighted by molar-refractivity contribution is 6.32. The van der Waals surface area contributed by atoms with Crippen molar-refractivity contribution in [1.82, 2.24) is 9.97 Å². The van der Waals surface area contributed by atoms with Gasteiger partial charge in [0.2, 0.25) is 5.91 Å². The van der Waals surface area contributed by atoms with E-state index in [1.165, 1.54) is 0 Å². The van der Waals surface area contributed by atoms with Crippen LogP contribution < -0.4 is 5.32 Å². The van der Waals surface area contributed by atoms with Crippen LogP contribution in [0.15, 0.2) is 60.0 Å². The van der Waals surface area contributed by atoms with Crippen LogP contribution in [0.3, 0.4) is 0 Å². The number of hydrogen-bond acceptors (Lipinski definition) is 4. The molecule has 6 heteroatoms. The van der Waals surface area contributed by atoms with Gasteiger partial charge in [-0.2, -0.15) is 0 Å². The minimum absolute atomic E-state index is 0.103. The van der Waals surface area contributed by atoms with Gasteiger partial charge >= 0.3 is 0 Å². The van der Waals surface area contributed by atoms with Gasteiger partial charge in [-0.3, -0.25) is 19.8 Å². The average molecular weight is 363 g/mol. The number of rotatable bonds is 2. The molecule has 1 amide bonds. The topological polar surface area (TPSA) is 67.2 Å². The van der Waals surface area contributed by atoms with Crippen molar-refractivity contribution in [3.8, 4) is 11.3 Å². The van der Waals surface area contributed by atoms with Crippen LogP contribution >= 0.6 is 11.6 Å². The molecule has 5 nitrogen and oxygen atoms in total. The van der Waals surface area contributed by atoms with Crippen molar-refractivity contribution in [1.29, 1.82) is 0 Å². The highest BCUT2D eigenvalue weighted by Crippen LogP contribution is 2.34. The summed E-state index contributed by atoms with van der Waals surface area (Å²) in [5, 5.41) is 3.52. The molecular formula is C20H15ClN4O. The third-order valence-electron chi connectivity index (χ3n) is 4.19. The number of fused-ring (bicyclic) bond motifs is 1. The summed E-state index contributed by atoms with van der Waals surface area (Å²) in [6.07, 6.45) is 5.18. The summed E-state index contributed by atoms with van der Waals surface area (Å²) in [6.45, 7) is 1.90. The molecule has 1 aliphatic heterocycles. The number of amides is 1. The number of carbonyl (C=O) groups is 1. The normalized spacial score (nSPS) is 13.5. The van der Waals surface area contributed by atoms with Gasteiger partial charge in [-0.15, -0.1) is 0 Å². The van der Waals surface area contributed by atoms with Gasteiger partial charge in [-0.05, 0) is 36.2 Å². The van der Waals surface area contributed by atoms with Crippen molar-refractivity contribution in [2.75, 3.05) is 5.32 Å². The predicted molar refractivity (Wildman–Crippen MR) is 103 cm³/mol. The van der Waals surface area contributed by atoms with Crippen molar-refractivity contribution in [2.24, 2.45) is 4.99 Å². The second kappa shape index (κ2) is 6.69. The molecule has 128 valence electrons. The standard InChI is InChI=1S/C20H15ClN4O/c1-12-7-17-18(9-15(12)21)24-16(10-20(26)25-17)13-3-2-4-14(8-13)19-11-22-5-6-23-19/h2-9,11H,10H2,1H3,(H,25,26). The smallest absolute Gasteiger partial charge is 0.230 e. The summed E-state index contributed by atoms with van der Waals surface area (Å²) in [7, 11) is 0. The number of benzene rings is 2. The molecule has 2 aromatic carbocycles. The first kappa shape index (κ1) is 16.4. The Morgan fingerprint density at radius 2 is 1.96 bits per heavy atom. The molecule has 1 N–H and O–H groups in total. The predicted octanol–water partition coefficient (Wildman–Crippen LogP) is 4.57. The Labute approximate surface area is 155 Å². The summed E-state index contributed by atoms with van der Waals surface area (Å²) in [4.78, 5) is 25.5. The molecule has 26 heavy (non-hydrogen) atoms. The zero-order valence-corrected chi connectivity index (χ0v) is 14.8. The highest BCUT2D eigenvalue weighted by atomic mass is 35.5. The molecule has 4 rings (SSSR count). The number of aliphatic imine (C=N–C) groups is 1. The molecule has 2 heterocycles. The Kier molecular flexibility index (Phi) is 4.22. The lowest BCUT2D eigenvalue weighted by atomic mass is 10.0. The fourth-order valence-electron chi connectivity index (χ4n) is 2.87. The van der Waals surface area contributed by atoms with Crippen LogP contribution in [0, 0.1) is 6.92 Å². The lowest BCUT2D eigenvalue weighted by molar-refractivity contribution is -0.115. The monoisotopic (exact) mass is 362 g/mol. The molecule has 0 saturated heterocycles. The number of carbonyl (C=O) groups excluding carboxylic acids is 1. The summed E-state index contributed by atoms with van der Waals surface area (Å²) in [6, 6.07) is 11.4. The number of aromatic nitrogens is 2. The van der Waals surface area contributed by atoms with E-state index in [9.17, 15) is 4.79 Å². The molecule has 0 saturated carbocycles. The van der Waals surface area contributed by atoms with E-state index < -0.39 is 0 Å². The summed E-state index contributed by atoms with van der Waals surface area (Å²) >= 11 is 6.24. The lowest BCUT2D eigenvalue weighted by Gasteiger charge is -2.07. The Balaban J connectivity index is 1.80. The van der Waals surface area contributed by atoms with Crippen LogP contribution in [0.2, 0.25) is 5.02 Å². The van der Waals surface area contributed by atoms with Crippen molar-refractivity contribution in [3.63, 3.8) is 0 Å². The zero-order chi connectivity index (χ0) is 18.1. The van der Waals surface area contributed by atoms with E-state index in [0.717, 1.165) is 22.4 Å². The molecule has 0 atom stereocenters. The zero-order valence-electron chi connectivity index (χ0n) is 14.0. The van der Waals surface area contributed by atoms with Gasteiger partial charge in [0.05, 0.1) is 35.4 Å². The third kappa shape index (κ3) is 3.21. The number of nitrogens with one attached hydrogen (secondary N) is 1. The molecule has 0 radical (unpaired) electrons. The van der Waals surface area contributed by atoms with Gasteiger partial charge in [0, 0.05) is 23.0 Å². The van der Waals surface area contributed by atoms with Gasteiger partial charge in [0.1, 0.15) is 0 Å². The molecule has 1 aromatic heterocycles. The summed E-state index contributed by atoms with van der Waals surface area (Å²) in [5.74, 6) is -0.103. The van der Waals surface area contributed by atoms with E-state index in [2.05, 4.69) is 15.3 Å². The van der Waals surface area contributed by atoms with Crippen LogP contribution in [0.25, 0.3) is 11.3 Å². The minimum atomic E-state index is -0.103. The number of nitrogens with zero attached hydrogens (tertiary/aromatic N) is 3. The molecule has 3 aromatic rings. The van der Waals surface area contributed by atoms with Gasteiger partial charge < -0.3 is 5.32 Å². The van der Waals surface area contributed by atoms with Gasteiger partial charge in [-0.1, -0.05) is 29.8 Å². The number of anilines is 1. The van der Waals surface area contributed by atoms with E-state index in [4.69, 9.17) is 16.6 Å². The van der Waals surface area contributed by atoms with Crippen LogP contribution in [0.5, 0.6) is 0 Å². The van der Waals surface area contributed by atoms with Crippen molar-refractivity contribution >= 4 is 34.6 Å². The minimum Gasteiger partial charge on any atom is -0.324 e. The van der Waals surface area contributed by atoms with Crippen molar-refractivity contribution in [3.05, 3.63) is 71.1 Å². The van der Waals surface area contributed by atoms with Gasteiger partial charge in [0.25, 0.3) is 0 Å². The lowest BCUT2D eigenvalue weighted by Crippen LogP contribution is -2.15. The van der Waals surface area contributed by atoms with Crippen LogP contribution in [0.1, 0.15) is 17.5 Å². The summed E-state index contributed by atoms with van der Waals surface area (Å²) in [5.41, 5.74) is 5.48. The molecule has 0 bridgehead atoms. The maximum Gasteiger partial charge on any atom is 0.230 e. The van der Waals surface area contributed by atoms with Crippen LogP contribution in [-0.2, 0) is 4.79 Å². The van der Waals surface area contributed by atoms with E-state index in [1.807, 2.05) is 37.3 Å². The molecule has 0 spiro atoms. The molecular weight excluding hydrogens is 348 g/mol. The Morgan fingerprint density at radius 3 is 2.77 bits per heavy atom. The average Bonchev–Trinajstić information content (AvgIpc) is 2.81. The van der Waals surface area contributed by atoms with E-state index in [-0.39, 0.29) is 12.3 Å².